The summed E-state index contributed by atoms with van der Waals surface area (Å²) in [5.74, 6) is -0.440. The molecule has 0 bridgehead atoms. The van der Waals surface area contributed by atoms with Gasteiger partial charge >= 0.3 is 5.97 Å². The second kappa shape index (κ2) is 6.92. The number of carbonyl (C=O) groups is 1. The monoisotopic (exact) mass is 205 g/mol. The molecule has 0 radical (unpaired) electrons. The number of aliphatic carboxylic acids is 1. The van der Waals surface area contributed by atoms with Crippen molar-refractivity contribution in [2.24, 2.45) is 5.92 Å². The molecule has 0 aliphatic carbocycles. The minimum Gasteiger partial charge on any atom is -0.480 e. The van der Waals surface area contributed by atoms with Crippen molar-refractivity contribution in [3.63, 3.8) is 0 Å². The van der Waals surface area contributed by atoms with Gasteiger partial charge in [-0.3, -0.25) is 4.79 Å². The van der Waals surface area contributed by atoms with Gasteiger partial charge in [0.1, 0.15) is 6.04 Å². The summed E-state index contributed by atoms with van der Waals surface area (Å²) in [7, 11) is 0. The van der Waals surface area contributed by atoms with Crippen LogP contribution in [0.4, 0.5) is 0 Å². The lowest BCUT2D eigenvalue weighted by Gasteiger charge is -2.14. The molecule has 4 heteroatoms. The van der Waals surface area contributed by atoms with Crippen LogP contribution < -0.4 is 5.32 Å². The molecule has 0 amide bonds. The van der Waals surface area contributed by atoms with Crippen molar-refractivity contribution in [3.8, 4) is 0 Å². The number of carboxylic acids is 1. The number of nitrogens with one attached hydrogen (secondary N) is 1. The van der Waals surface area contributed by atoms with Crippen LogP contribution >= 0.6 is 11.6 Å². The predicted octanol–water partition coefficient (Wildman–Crippen LogP) is 1.83. The molecular formula is C9H16ClNO2. The molecule has 0 saturated heterocycles. The Bertz CT molecular complexity index is 180. The number of hydrogen-bond donors (Lipinski definition) is 2. The largest absolute Gasteiger partial charge is 0.480 e. The van der Waals surface area contributed by atoms with E-state index in [4.69, 9.17) is 16.7 Å². The zero-order valence-electron chi connectivity index (χ0n) is 7.96. The van der Waals surface area contributed by atoms with E-state index < -0.39 is 12.0 Å². The molecular weight excluding hydrogens is 190 g/mol. The van der Waals surface area contributed by atoms with Crippen molar-refractivity contribution in [1.29, 1.82) is 0 Å². The van der Waals surface area contributed by atoms with Gasteiger partial charge in [-0.25, -0.2) is 0 Å². The summed E-state index contributed by atoms with van der Waals surface area (Å²) in [4.78, 5) is 10.7. The average Bonchev–Trinajstić information content (AvgIpc) is 2.02. The van der Waals surface area contributed by atoms with Gasteiger partial charge in [-0.15, -0.1) is 0 Å². The predicted molar refractivity (Wildman–Crippen MR) is 53.9 cm³/mol. The minimum absolute atomic E-state index is 0.369. The smallest absolute Gasteiger partial charge is 0.320 e. The summed E-state index contributed by atoms with van der Waals surface area (Å²) in [5, 5.41) is 11.7. The van der Waals surface area contributed by atoms with E-state index in [1.165, 1.54) is 5.54 Å². The van der Waals surface area contributed by atoms with E-state index in [-0.39, 0.29) is 0 Å². The van der Waals surface area contributed by atoms with E-state index in [0.29, 0.717) is 18.9 Å². The van der Waals surface area contributed by atoms with Crippen molar-refractivity contribution < 1.29 is 9.90 Å². The van der Waals surface area contributed by atoms with E-state index >= 15 is 0 Å². The van der Waals surface area contributed by atoms with Gasteiger partial charge < -0.3 is 10.4 Å². The molecule has 0 aliphatic rings. The second-order valence-electron chi connectivity index (χ2n) is 3.29. The summed E-state index contributed by atoms with van der Waals surface area (Å²) >= 11 is 5.30. The van der Waals surface area contributed by atoms with Crippen LogP contribution in [0.15, 0.2) is 11.6 Å². The van der Waals surface area contributed by atoms with Crippen LogP contribution in [0.25, 0.3) is 0 Å². The highest BCUT2D eigenvalue weighted by Gasteiger charge is 2.16. The van der Waals surface area contributed by atoms with Crippen LogP contribution in [0.5, 0.6) is 0 Å². The Hall–Kier alpha value is -0.540. The van der Waals surface area contributed by atoms with Crippen molar-refractivity contribution in [2.75, 3.05) is 6.54 Å². The van der Waals surface area contributed by atoms with Crippen molar-refractivity contribution in [2.45, 2.75) is 26.3 Å². The molecule has 0 aromatic heterocycles. The van der Waals surface area contributed by atoms with Crippen molar-refractivity contribution in [1.82, 2.24) is 5.32 Å². The second-order valence-corrected chi connectivity index (χ2v) is 3.54. The summed E-state index contributed by atoms with van der Waals surface area (Å²) < 4.78 is 0. The quantitative estimate of drug-likeness (QED) is 0.696. The molecule has 0 rings (SSSR count). The average molecular weight is 206 g/mol. The first-order valence-corrected chi connectivity index (χ1v) is 4.73. The number of carboxylic acid groups (broad SMARTS) is 1. The van der Waals surface area contributed by atoms with Gasteiger partial charge in [0.2, 0.25) is 0 Å². The molecule has 1 unspecified atom stereocenters. The van der Waals surface area contributed by atoms with Gasteiger partial charge in [-0.2, -0.15) is 0 Å². The molecule has 1 atom stereocenters. The Labute approximate surface area is 83.8 Å². The highest BCUT2D eigenvalue weighted by molar-refractivity contribution is 6.25. The molecule has 0 saturated carbocycles. The fourth-order valence-corrected chi connectivity index (χ4v) is 1.09. The zero-order valence-corrected chi connectivity index (χ0v) is 8.71. The minimum atomic E-state index is -0.809. The SMILES string of the molecule is CC(C)CC(NCC=CCl)C(=O)O. The van der Waals surface area contributed by atoms with Crippen LogP contribution in [-0.2, 0) is 4.79 Å². The van der Waals surface area contributed by atoms with Gasteiger partial charge in [0.05, 0.1) is 0 Å². The summed E-state index contributed by atoms with van der Waals surface area (Å²) in [5.41, 5.74) is 1.38. The normalized spacial score (nSPS) is 13.8. The van der Waals surface area contributed by atoms with E-state index in [0.717, 1.165) is 0 Å². The highest BCUT2D eigenvalue weighted by Crippen LogP contribution is 2.04. The van der Waals surface area contributed by atoms with Crippen molar-refractivity contribution in [3.05, 3.63) is 11.6 Å². The number of rotatable bonds is 6. The number of hydrogen-bond acceptors (Lipinski definition) is 2. The lowest BCUT2D eigenvalue weighted by atomic mass is 10.0. The van der Waals surface area contributed by atoms with Crippen LogP contribution in [-0.4, -0.2) is 23.7 Å². The Kier molecular flexibility index (Phi) is 6.63. The van der Waals surface area contributed by atoms with E-state index in [1.807, 2.05) is 13.8 Å². The molecule has 0 aromatic carbocycles. The maximum absolute atomic E-state index is 10.7. The molecule has 76 valence electrons. The Balaban J connectivity index is 3.88. The molecule has 0 aliphatic heterocycles. The zero-order chi connectivity index (χ0) is 10.3. The summed E-state index contributed by atoms with van der Waals surface area (Å²) in [6.07, 6.45) is 2.31. The topological polar surface area (TPSA) is 49.3 Å². The third kappa shape index (κ3) is 6.61. The fourth-order valence-electron chi connectivity index (χ4n) is 0.998. The molecule has 0 aromatic rings. The maximum atomic E-state index is 10.7. The van der Waals surface area contributed by atoms with Gasteiger partial charge in [0, 0.05) is 12.1 Å². The van der Waals surface area contributed by atoms with Gasteiger partial charge in [0.15, 0.2) is 0 Å². The Morgan fingerprint density at radius 2 is 2.23 bits per heavy atom. The molecule has 0 heterocycles. The molecule has 2 N–H and O–H groups in total. The molecule has 3 nitrogen and oxygen atoms in total. The van der Waals surface area contributed by atoms with Crippen LogP contribution in [0, 0.1) is 5.92 Å². The first-order valence-electron chi connectivity index (χ1n) is 4.29. The van der Waals surface area contributed by atoms with Crippen LogP contribution in [0.2, 0.25) is 0 Å². The third-order valence-electron chi connectivity index (χ3n) is 1.58. The Morgan fingerprint density at radius 1 is 1.62 bits per heavy atom. The lowest BCUT2D eigenvalue weighted by molar-refractivity contribution is -0.139. The van der Waals surface area contributed by atoms with Gasteiger partial charge in [0.25, 0.3) is 0 Å². The maximum Gasteiger partial charge on any atom is 0.320 e. The van der Waals surface area contributed by atoms with Crippen LogP contribution in [0.1, 0.15) is 20.3 Å². The number of halogens is 1. The first-order chi connectivity index (χ1) is 6.07. The van der Waals surface area contributed by atoms with Gasteiger partial charge in [-0.05, 0) is 12.3 Å². The van der Waals surface area contributed by atoms with Gasteiger partial charge in [-0.1, -0.05) is 31.5 Å². The summed E-state index contributed by atoms with van der Waals surface area (Å²) in [6, 6.07) is -0.479. The first kappa shape index (κ1) is 12.5. The van der Waals surface area contributed by atoms with E-state index in [9.17, 15) is 4.79 Å². The standard InChI is InChI=1S/C9H16ClNO2/c1-7(2)6-8(9(12)13)11-5-3-4-10/h3-4,7-8,11H,5-6H2,1-2H3,(H,12,13). The highest BCUT2D eigenvalue weighted by atomic mass is 35.5. The van der Waals surface area contributed by atoms with E-state index in [2.05, 4.69) is 5.32 Å². The van der Waals surface area contributed by atoms with Crippen LogP contribution in [0.3, 0.4) is 0 Å². The third-order valence-corrected chi connectivity index (χ3v) is 1.75. The van der Waals surface area contributed by atoms with E-state index in [1.54, 1.807) is 6.08 Å². The van der Waals surface area contributed by atoms with Crippen molar-refractivity contribution >= 4 is 17.6 Å². The fraction of sp³-hybridized carbons (Fsp3) is 0.667. The Morgan fingerprint density at radius 3 is 2.62 bits per heavy atom. The summed E-state index contributed by atoms with van der Waals surface area (Å²) in [6.45, 7) is 4.48. The lowest BCUT2D eigenvalue weighted by Crippen LogP contribution is -2.37. The molecule has 0 fully saturated rings. The molecule has 13 heavy (non-hydrogen) atoms. The molecule has 0 spiro atoms.